The van der Waals surface area contributed by atoms with E-state index in [0.717, 1.165) is 0 Å². The molecule has 0 aliphatic carbocycles. The van der Waals surface area contributed by atoms with Crippen LogP contribution in [0, 0.1) is 12.7 Å². The number of carbonyl (C=O) groups is 1. The lowest BCUT2D eigenvalue weighted by Crippen LogP contribution is -2.08. The highest BCUT2D eigenvalue weighted by Gasteiger charge is 2.09. The summed E-state index contributed by atoms with van der Waals surface area (Å²) < 4.78 is 18.7. The average molecular weight is 275 g/mol. The zero-order valence-electron chi connectivity index (χ0n) is 8.64. The first-order chi connectivity index (χ1) is 7.04. The van der Waals surface area contributed by atoms with Crippen molar-refractivity contribution in [2.45, 2.75) is 20.3 Å². The third-order valence-electron chi connectivity index (χ3n) is 1.99. The molecular formula is C11H12BrFO2. The molecule has 0 radical (unpaired) electrons. The quantitative estimate of drug-likeness (QED) is 0.793. The van der Waals surface area contributed by atoms with E-state index in [1.807, 2.05) is 0 Å². The zero-order valence-corrected chi connectivity index (χ0v) is 10.2. The minimum Gasteiger partial charge on any atom is -0.466 e. The summed E-state index contributed by atoms with van der Waals surface area (Å²) in [5, 5.41) is 0. The number of carbonyl (C=O) groups excluding carboxylic acids is 1. The molecule has 1 aromatic carbocycles. The Kier molecular flexibility index (Phi) is 4.27. The Labute approximate surface area is 96.6 Å². The first kappa shape index (κ1) is 12.2. The van der Waals surface area contributed by atoms with Crippen LogP contribution in [0.1, 0.15) is 18.1 Å². The van der Waals surface area contributed by atoms with E-state index in [1.165, 1.54) is 6.07 Å². The molecule has 0 fully saturated rings. The van der Waals surface area contributed by atoms with Crippen LogP contribution in [0.4, 0.5) is 4.39 Å². The predicted octanol–water partition coefficient (Wildman–Crippen LogP) is 3.00. The van der Waals surface area contributed by atoms with E-state index >= 15 is 0 Å². The molecule has 82 valence electrons. The molecule has 1 aromatic rings. The van der Waals surface area contributed by atoms with Crippen LogP contribution < -0.4 is 0 Å². The van der Waals surface area contributed by atoms with Crippen molar-refractivity contribution in [1.82, 2.24) is 0 Å². The minimum atomic E-state index is -0.340. The standard InChI is InChI=1S/C11H12BrFO2/c1-3-15-11(14)6-8-4-9(12)7(2)10(13)5-8/h4-5H,3,6H2,1-2H3. The Morgan fingerprint density at radius 3 is 2.73 bits per heavy atom. The third-order valence-corrected chi connectivity index (χ3v) is 2.82. The summed E-state index contributed by atoms with van der Waals surface area (Å²) >= 11 is 3.23. The molecule has 0 atom stereocenters. The lowest BCUT2D eigenvalue weighted by Gasteiger charge is -2.05. The molecule has 0 aliphatic rings. The van der Waals surface area contributed by atoms with Gasteiger partial charge in [-0.05, 0) is 37.1 Å². The topological polar surface area (TPSA) is 26.3 Å². The molecule has 0 N–H and O–H groups in total. The molecule has 15 heavy (non-hydrogen) atoms. The van der Waals surface area contributed by atoms with Gasteiger partial charge in [0.1, 0.15) is 5.82 Å². The van der Waals surface area contributed by atoms with Crippen LogP contribution in [-0.2, 0) is 16.0 Å². The normalized spacial score (nSPS) is 10.1. The Bertz CT molecular complexity index is 354. The van der Waals surface area contributed by atoms with Gasteiger partial charge in [0.15, 0.2) is 0 Å². The smallest absolute Gasteiger partial charge is 0.310 e. The van der Waals surface area contributed by atoms with Gasteiger partial charge in [0.05, 0.1) is 13.0 Å². The fraction of sp³-hybridized carbons (Fsp3) is 0.364. The molecule has 2 nitrogen and oxygen atoms in total. The van der Waals surface area contributed by atoms with Gasteiger partial charge in [-0.3, -0.25) is 4.79 Å². The SMILES string of the molecule is CCOC(=O)Cc1cc(F)c(C)c(Br)c1. The lowest BCUT2D eigenvalue weighted by molar-refractivity contribution is -0.142. The first-order valence-corrected chi connectivity index (χ1v) is 5.44. The highest BCUT2D eigenvalue weighted by molar-refractivity contribution is 9.10. The van der Waals surface area contributed by atoms with Gasteiger partial charge < -0.3 is 4.74 Å². The van der Waals surface area contributed by atoms with Crippen molar-refractivity contribution in [1.29, 1.82) is 0 Å². The largest absolute Gasteiger partial charge is 0.466 e. The van der Waals surface area contributed by atoms with E-state index in [4.69, 9.17) is 4.74 Å². The highest BCUT2D eigenvalue weighted by atomic mass is 79.9. The maximum atomic E-state index is 13.3. The van der Waals surface area contributed by atoms with Crippen LogP contribution in [0.5, 0.6) is 0 Å². The second-order valence-corrected chi connectivity index (χ2v) is 4.02. The number of ether oxygens (including phenoxy) is 1. The van der Waals surface area contributed by atoms with Gasteiger partial charge in [0, 0.05) is 4.47 Å². The van der Waals surface area contributed by atoms with E-state index in [9.17, 15) is 9.18 Å². The molecule has 0 unspecified atom stereocenters. The molecular weight excluding hydrogens is 263 g/mol. The van der Waals surface area contributed by atoms with Gasteiger partial charge in [0.25, 0.3) is 0 Å². The first-order valence-electron chi connectivity index (χ1n) is 4.64. The van der Waals surface area contributed by atoms with Gasteiger partial charge in [-0.1, -0.05) is 15.9 Å². The number of halogens is 2. The molecule has 0 spiro atoms. The molecule has 0 bridgehead atoms. The van der Waals surface area contributed by atoms with Crippen LogP contribution in [-0.4, -0.2) is 12.6 Å². The van der Waals surface area contributed by atoms with Crippen LogP contribution in [0.2, 0.25) is 0 Å². The summed E-state index contributed by atoms with van der Waals surface area (Å²) in [5.74, 6) is -0.656. The molecule has 0 amide bonds. The van der Waals surface area contributed by atoms with Crippen molar-refractivity contribution in [2.24, 2.45) is 0 Å². The number of hydrogen-bond acceptors (Lipinski definition) is 2. The maximum Gasteiger partial charge on any atom is 0.310 e. The molecule has 0 saturated carbocycles. The summed E-state index contributed by atoms with van der Waals surface area (Å²) in [6, 6.07) is 3.09. The summed E-state index contributed by atoms with van der Waals surface area (Å²) in [6.45, 7) is 3.76. The average Bonchev–Trinajstić information content (AvgIpc) is 2.14. The van der Waals surface area contributed by atoms with Gasteiger partial charge in [0.2, 0.25) is 0 Å². The second kappa shape index (κ2) is 5.26. The van der Waals surface area contributed by atoms with Crippen LogP contribution in [0.15, 0.2) is 16.6 Å². The molecule has 0 heterocycles. The predicted molar refractivity (Wildman–Crippen MR) is 59.2 cm³/mol. The van der Waals surface area contributed by atoms with Crippen molar-refractivity contribution in [3.05, 3.63) is 33.5 Å². The molecule has 0 aliphatic heterocycles. The van der Waals surface area contributed by atoms with Crippen molar-refractivity contribution >= 4 is 21.9 Å². The van der Waals surface area contributed by atoms with Gasteiger partial charge in [-0.25, -0.2) is 4.39 Å². The summed E-state index contributed by atoms with van der Waals surface area (Å²) in [7, 11) is 0. The molecule has 0 saturated heterocycles. The van der Waals surface area contributed by atoms with Crippen molar-refractivity contribution in [3.63, 3.8) is 0 Å². The summed E-state index contributed by atoms with van der Waals surface area (Å²) in [4.78, 5) is 11.2. The lowest BCUT2D eigenvalue weighted by atomic mass is 10.1. The molecule has 4 heteroatoms. The van der Waals surface area contributed by atoms with E-state index in [0.29, 0.717) is 22.2 Å². The fourth-order valence-corrected chi connectivity index (χ4v) is 1.66. The number of esters is 1. The van der Waals surface area contributed by atoms with E-state index < -0.39 is 0 Å². The monoisotopic (exact) mass is 274 g/mol. The summed E-state index contributed by atoms with van der Waals surface area (Å²) in [6.07, 6.45) is 0.101. The number of hydrogen-bond donors (Lipinski definition) is 0. The maximum absolute atomic E-state index is 13.3. The zero-order chi connectivity index (χ0) is 11.4. The number of rotatable bonds is 3. The van der Waals surface area contributed by atoms with E-state index in [2.05, 4.69) is 15.9 Å². The Balaban J connectivity index is 2.83. The van der Waals surface area contributed by atoms with Crippen LogP contribution in [0.25, 0.3) is 0 Å². The second-order valence-electron chi connectivity index (χ2n) is 3.17. The third kappa shape index (κ3) is 3.30. The molecule has 1 rings (SSSR count). The van der Waals surface area contributed by atoms with Crippen LogP contribution >= 0.6 is 15.9 Å². The van der Waals surface area contributed by atoms with Crippen molar-refractivity contribution in [3.8, 4) is 0 Å². The Hall–Kier alpha value is -0.900. The van der Waals surface area contributed by atoms with Crippen molar-refractivity contribution in [2.75, 3.05) is 6.61 Å². The highest BCUT2D eigenvalue weighted by Crippen LogP contribution is 2.21. The van der Waals surface area contributed by atoms with E-state index in [1.54, 1.807) is 19.9 Å². The van der Waals surface area contributed by atoms with Gasteiger partial charge in [-0.15, -0.1) is 0 Å². The van der Waals surface area contributed by atoms with Crippen molar-refractivity contribution < 1.29 is 13.9 Å². The Morgan fingerprint density at radius 1 is 1.53 bits per heavy atom. The van der Waals surface area contributed by atoms with Gasteiger partial charge in [-0.2, -0.15) is 0 Å². The number of benzene rings is 1. The summed E-state index contributed by atoms with van der Waals surface area (Å²) in [5.41, 5.74) is 1.16. The minimum absolute atomic E-state index is 0.101. The van der Waals surface area contributed by atoms with Gasteiger partial charge >= 0.3 is 5.97 Å². The molecule has 0 aromatic heterocycles. The Morgan fingerprint density at radius 2 is 2.20 bits per heavy atom. The fourth-order valence-electron chi connectivity index (χ4n) is 1.18. The van der Waals surface area contributed by atoms with E-state index in [-0.39, 0.29) is 18.2 Å². The van der Waals surface area contributed by atoms with Crippen LogP contribution in [0.3, 0.4) is 0 Å².